The molecule has 2 N–H and O–H groups in total. The molecule has 3 heterocycles. The van der Waals surface area contributed by atoms with E-state index in [-0.39, 0.29) is 31.5 Å². The molecule has 2 saturated heterocycles. The van der Waals surface area contributed by atoms with Gasteiger partial charge in [0, 0.05) is 47.2 Å². The average molecular weight is 688 g/mol. The molecule has 242 valence electrons. The summed E-state index contributed by atoms with van der Waals surface area (Å²) < 4.78 is 40.3. The maximum Gasteiger partial charge on any atom is 0.239 e. The predicted molar refractivity (Wildman–Crippen MR) is 174 cm³/mol. The minimum atomic E-state index is -3.35. The quantitative estimate of drug-likeness (QED) is 0.382. The molecule has 3 amide bonds. The Bertz CT molecular complexity index is 1830. The van der Waals surface area contributed by atoms with Crippen molar-refractivity contribution in [2.75, 3.05) is 31.2 Å². The zero-order chi connectivity index (χ0) is 33.0. The Morgan fingerprint density at radius 1 is 1.02 bits per heavy atom. The molecule has 3 aliphatic heterocycles. The summed E-state index contributed by atoms with van der Waals surface area (Å²) in [6, 6.07) is 14.9. The maximum absolute atomic E-state index is 15.0. The first-order valence-corrected chi connectivity index (χ1v) is 17.6. The first kappa shape index (κ1) is 32.4. The number of fused-ring (bicyclic) bond motifs is 2. The lowest BCUT2D eigenvalue weighted by atomic mass is 9.58. The number of carbonyl (C=O) groups excluding carboxylic acids is 3. The SMILES string of the molecule is Cc1ccc(F)cc1[C@H]1N(CC(=O)NC2CCN(S(C)(=O)=O)CC2)C(=O)C[C@@H](c2ccc(Cl)cc2)[C@]12C(=O)Nc1cc(Cl)ccc12. The van der Waals surface area contributed by atoms with Crippen LogP contribution in [0, 0.1) is 12.7 Å². The standard InChI is InChI=1S/C33H33Cl2FN4O5S/c1-19-3-9-23(36)16-25(19)31-33(26-10-8-22(35)15-28(26)38-32(33)43)27(20-4-6-21(34)7-5-20)17-30(42)40(31)18-29(41)37-24-11-13-39(14-12-24)46(2,44)45/h3-10,15-16,24,27,31H,11-14,17-18H2,1-2H3,(H,37,41)(H,38,43)/t27-,31+,33-/m0/s1. The van der Waals surface area contributed by atoms with Gasteiger partial charge in [0.25, 0.3) is 0 Å². The molecule has 46 heavy (non-hydrogen) atoms. The number of carbonyl (C=O) groups is 3. The number of hydrogen-bond acceptors (Lipinski definition) is 5. The zero-order valence-corrected chi connectivity index (χ0v) is 27.6. The van der Waals surface area contributed by atoms with Gasteiger partial charge in [0.1, 0.15) is 17.8 Å². The summed E-state index contributed by atoms with van der Waals surface area (Å²) in [6.07, 6.45) is 1.87. The lowest BCUT2D eigenvalue weighted by Crippen LogP contribution is -2.60. The Morgan fingerprint density at radius 3 is 2.37 bits per heavy atom. The van der Waals surface area contributed by atoms with Gasteiger partial charge in [-0.2, -0.15) is 0 Å². The van der Waals surface area contributed by atoms with Crippen LogP contribution >= 0.6 is 23.2 Å². The van der Waals surface area contributed by atoms with E-state index in [1.54, 1.807) is 55.5 Å². The third-order valence-electron chi connectivity index (χ3n) is 9.45. The van der Waals surface area contributed by atoms with E-state index in [1.807, 2.05) is 0 Å². The predicted octanol–water partition coefficient (Wildman–Crippen LogP) is 4.93. The van der Waals surface area contributed by atoms with Crippen LogP contribution in [0.4, 0.5) is 10.1 Å². The Hall–Kier alpha value is -3.51. The second kappa shape index (κ2) is 12.3. The van der Waals surface area contributed by atoms with E-state index < -0.39 is 51.6 Å². The molecule has 6 rings (SSSR count). The fourth-order valence-corrected chi connectivity index (χ4v) is 8.49. The van der Waals surface area contributed by atoms with E-state index in [9.17, 15) is 22.8 Å². The number of halogens is 3. The van der Waals surface area contributed by atoms with Crippen LogP contribution < -0.4 is 10.6 Å². The van der Waals surface area contributed by atoms with Crippen molar-refractivity contribution in [3.63, 3.8) is 0 Å². The topological polar surface area (TPSA) is 116 Å². The Balaban J connectivity index is 1.46. The number of sulfonamides is 1. The molecule has 13 heteroatoms. The minimum Gasteiger partial charge on any atom is -0.352 e. The van der Waals surface area contributed by atoms with Gasteiger partial charge in [0.2, 0.25) is 27.7 Å². The molecule has 1 spiro atoms. The summed E-state index contributed by atoms with van der Waals surface area (Å²) in [5.74, 6) is -2.48. The molecule has 0 aliphatic carbocycles. The Labute approximate surface area is 277 Å². The van der Waals surface area contributed by atoms with Gasteiger partial charge in [-0.05, 0) is 78.4 Å². The molecule has 0 saturated carbocycles. The highest BCUT2D eigenvalue weighted by Crippen LogP contribution is 2.60. The molecule has 3 atom stereocenters. The first-order chi connectivity index (χ1) is 21.8. The fraction of sp³-hybridized carbons (Fsp3) is 0.364. The van der Waals surface area contributed by atoms with Gasteiger partial charge in [-0.3, -0.25) is 14.4 Å². The Morgan fingerprint density at radius 2 is 1.70 bits per heavy atom. The molecular formula is C33H33Cl2FN4O5S. The monoisotopic (exact) mass is 686 g/mol. The second-order valence-corrected chi connectivity index (χ2v) is 15.1. The van der Waals surface area contributed by atoms with Crippen LogP contribution in [0.15, 0.2) is 60.7 Å². The number of benzene rings is 3. The van der Waals surface area contributed by atoms with Crippen molar-refractivity contribution in [3.8, 4) is 0 Å². The zero-order valence-electron chi connectivity index (χ0n) is 25.2. The number of likely N-dealkylation sites (tertiary alicyclic amines) is 1. The van der Waals surface area contributed by atoms with E-state index in [0.29, 0.717) is 50.8 Å². The lowest BCUT2D eigenvalue weighted by molar-refractivity contribution is -0.149. The highest BCUT2D eigenvalue weighted by atomic mass is 35.5. The first-order valence-electron chi connectivity index (χ1n) is 15.0. The van der Waals surface area contributed by atoms with Gasteiger partial charge in [0.15, 0.2) is 0 Å². The van der Waals surface area contributed by atoms with Gasteiger partial charge in [0.05, 0.1) is 12.3 Å². The third kappa shape index (κ3) is 5.78. The van der Waals surface area contributed by atoms with Crippen molar-refractivity contribution in [2.24, 2.45) is 0 Å². The molecular weight excluding hydrogens is 654 g/mol. The van der Waals surface area contributed by atoms with Crippen molar-refractivity contribution in [3.05, 3.63) is 98.8 Å². The average Bonchev–Trinajstić information content (AvgIpc) is 3.27. The van der Waals surface area contributed by atoms with Crippen molar-refractivity contribution >= 4 is 56.6 Å². The van der Waals surface area contributed by atoms with E-state index in [0.717, 1.165) is 6.26 Å². The normalized spacial score (nSPS) is 23.8. The number of hydrogen-bond donors (Lipinski definition) is 2. The molecule has 9 nitrogen and oxygen atoms in total. The number of rotatable bonds is 6. The summed E-state index contributed by atoms with van der Waals surface area (Å²) in [6.45, 7) is 1.92. The van der Waals surface area contributed by atoms with Crippen molar-refractivity contribution in [1.29, 1.82) is 0 Å². The smallest absolute Gasteiger partial charge is 0.239 e. The van der Waals surface area contributed by atoms with Gasteiger partial charge in [-0.1, -0.05) is 47.5 Å². The summed E-state index contributed by atoms with van der Waals surface area (Å²) in [4.78, 5) is 43.8. The fourth-order valence-electron chi connectivity index (χ4n) is 7.31. The van der Waals surface area contributed by atoms with E-state index in [4.69, 9.17) is 23.2 Å². The van der Waals surface area contributed by atoms with Crippen LogP contribution in [0.25, 0.3) is 0 Å². The molecule has 0 aromatic heterocycles. The molecule has 0 radical (unpaired) electrons. The molecule has 0 unspecified atom stereocenters. The van der Waals surface area contributed by atoms with Crippen molar-refractivity contribution in [2.45, 2.75) is 49.6 Å². The van der Waals surface area contributed by atoms with Gasteiger partial charge < -0.3 is 15.5 Å². The highest BCUT2D eigenvalue weighted by molar-refractivity contribution is 7.88. The largest absolute Gasteiger partial charge is 0.352 e. The highest BCUT2D eigenvalue weighted by Gasteiger charge is 2.63. The molecule has 0 bridgehead atoms. The van der Waals surface area contributed by atoms with Crippen molar-refractivity contribution < 1.29 is 27.2 Å². The minimum absolute atomic E-state index is 0.109. The number of aryl methyl sites for hydroxylation is 1. The van der Waals surface area contributed by atoms with Gasteiger partial charge in [-0.25, -0.2) is 17.1 Å². The van der Waals surface area contributed by atoms with Crippen molar-refractivity contribution in [1.82, 2.24) is 14.5 Å². The lowest BCUT2D eigenvalue weighted by Gasteiger charge is -2.51. The Kier molecular flexibility index (Phi) is 8.64. The van der Waals surface area contributed by atoms with Crippen LogP contribution in [0.3, 0.4) is 0 Å². The number of amides is 3. The molecule has 3 aliphatic rings. The number of piperidine rings is 2. The second-order valence-electron chi connectivity index (χ2n) is 12.3. The van der Waals surface area contributed by atoms with E-state index in [2.05, 4.69) is 10.6 Å². The third-order valence-corrected chi connectivity index (χ3v) is 11.2. The summed E-state index contributed by atoms with van der Waals surface area (Å²) in [5.41, 5.74) is 1.33. The summed E-state index contributed by atoms with van der Waals surface area (Å²) >= 11 is 12.6. The summed E-state index contributed by atoms with van der Waals surface area (Å²) in [5, 5.41) is 6.83. The van der Waals surface area contributed by atoms with Crippen LogP contribution in [0.1, 0.15) is 53.5 Å². The number of nitrogens with zero attached hydrogens (tertiary/aromatic N) is 2. The maximum atomic E-state index is 15.0. The van der Waals surface area contributed by atoms with Crippen LogP contribution in [-0.2, 0) is 29.8 Å². The van der Waals surface area contributed by atoms with E-state index >= 15 is 4.39 Å². The molecule has 2 fully saturated rings. The van der Waals surface area contributed by atoms with Gasteiger partial charge >= 0.3 is 0 Å². The number of anilines is 1. The molecule has 3 aromatic carbocycles. The number of nitrogens with one attached hydrogen (secondary N) is 2. The summed E-state index contributed by atoms with van der Waals surface area (Å²) in [7, 11) is -3.35. The molecule has 3 aromatic rings. The van der Waals surface area contributed by atoms with Gasteiger partial charge in [-0.15, -0.1) is 0 Å². The van der Waals surface area contributed by atoms with Crippen LogP contribution in [0.2, 0.25) is 10.0 Å². The van der Waals surface area contributed by atoms with E-state index in [1.165, 1.54) is 21.3 Å². The van der Waals surface area contributed by atoms with Crippen LogP contribution in [0.5, 0.6) is 0 Å². The van der Waals surface area contributed by atoms with Crippen LogP contribution in [-0.4, -0.2) is 67.3 Å².